The van der Waals surface area contributed by atoms with Crippen LogP contribution in [0.3, 0.4) is 0 Å². The molecule has 0 radical (unpaired) electrons. The molecule has 0 bridgehead atoms. The van der Waals surface area contributed by atoms with E-state index in [-0.39, 0.29) is 12.6 Å². The van der Waals surface area contributed by atoms with Crippen molar-refractivity contribution in [3.05, 3.63) is 48.0 Å². The van der Waals surface area contributed by atoms with Crippen molar-refractivity contribution in [2.75, 3.05) is 6.54 Å². The molecule has 1 aliphatic rings. The Balaban J connectivity index is 0.000000511. The zero-order valence-corrected chi connectivity index (χ0v) is 22.9. The number of carbonyl (C=O) groups is 2. The fourth-order valence-electron chi connectivity index (χ4n) is 3.42. The SMILES string of the molecule is CC.CC1CCCN1.CCCC[C@H](NC=O)C(=O)OC(C)(C)C.OCc1cccc2ccccc12. The number of fused-ring (bicyclic) bond motifs is 1. The molecule has 1 saturated heterocycles. The van der Waals surface area contributed by atoms with Gasteiger partial charge in [0.05, 0.1) is 6.61 Å². The van der Waals surface area contributed by atoms with Crippen LogP contribution < -0.4 is 10.6 Å². The molecule has 1 fully saturated rings. The Morgan fingerprint density at radius 3 is 2.34 bits per heavy atom. The molecule has 6 nitrogen and oxygen atoms in total. The van der Waals surface area contributed by atoms with Gasteiger partial charge in [-0.2, -0.15) is 0 Å². The lowest BCUT2D eigenvalue weighted by Gasteiger charge is -2.23. The van der Waals surface area contributed by atoms with Gasteiger partial charge in [0.15, 0.2) is 0 Å². The minimum Gasteiger partial charge on any atom is -0.458 e. The van der Waals surface area contributed by atoms with Crippen molar-refractivity contribution in [2.24, 2.45) is 0 Å². The van der Waals surface area contributed by atoms with Gasteiger partial charge in [-0.25, -0.2) is 4.79 Å². The van der Waals surface area contributed by atoms with Gasteiger partial charge < -0.3 is 20.5 Å². The number of rotatable bonds is 7. The lowest BCUT2D eigenvalue weighted by molar-refractivity contribution is -0.158. The summed E-state index contributed by atoms with van der Waals surface area (Å²) in [7, 11) is 0. The molecule has 0 aromatic heterocycles. The van der Waals surface area contributed by atoms with Crippen LogP contribution >= 0.6 is 0 Å². The highest BCUT2D eigenvalue weighted by Crippen LogP contribution is 2.17. The van der Waals surface area contributed by atoms with E-state index in [0.29, 0.717) is 12.8 Å². The third kappa shape index (κ3) is 14.5. The lowest BCUT2D eigenvalue weighted by atomic mass is 10.1. The first kappa shape index (κ1) is 32.6. The summed E-state index contributed by atoms with van der Waals surface area (Å²) in [5, 5.41) is 17.2. The molecule has 0 aliphatic carbocycles. The first-order chi connectivity index (χ1) is 16.7. The molecule has 3 rings (SSSR count). The second-order valence-electron chi connectivity index (χ2n) is 9.31. The van der Waals surface area contributed by atoms with Crippen LogP contribution in [0.15, 0.2) is 42.5 Å². The number of aliphatic hydroxyl groups is 1. The summed E-state index contributed by atoms with van der Waals surface area (Å²) in [4.78, 5) is 21.9. The van der Waals surface area contributed by atoms with Crippen LogP contribution in [-0.4, -0.2) is 41.7 Å². The van der Waals surface area contributed by atoms with E-state index in [1.807, 2.05) is 71.9 Å². The van der Waals surface area contributed by atoms with E-state index >= 15 is 0 Å². The monoisotopic (exact) mass is 488 g/mol. The molecule has 0 saturated carbocycles. The van der Waals surface area contributed by atoms with Crippen molar-refractivity contribution < 1.29 is 19.4 Å². The second kappa shape index (κ2) is 18.8. The van der Waals surface area contributed by atoms with Gasteiger partial charge in [0.25, 0.3) is 0 Å². The zero-order valence-electron chi connectivity index (χ0n) is 22.9. The number of nitrogens with one attached hydrogen (secondary N) is 2. The first-order valence-corrected chi connectivity index (χ1v) is 12.9. The number of aliphatic hydroxyl groups excluding tert-OH is 1. The minimum atomic E-state index is -0.512. The Kier molecular flexibility index (Phi) is 17.5. The fraction of sp³-hybridized carbons (Fsp3) is 0.586. The maximum Gasteiger partial charge on any atom is 0.329 e. The number of carbonyl (C=O) groups excluding carboxylic acids is 2. The number of esters is 1. The van der Waals surface area contributed by atoms with Crippen LogP contribution in [-0.2, 0) is 20.9 Å². The van der Waals surface area contributed by atoms with Gasteiger partial charge in [-0.1, -0.05) is 76.1 Å². The second-order valence-corrected chi connectivity index (χ2v) is 9.31. The highest BCUT2D eigenvalue weighted by Gasteiger charge is 2.24. The van der Waals surface area contributed by atoms with E-state index in [4.69, 9.17) is 9.84 Å². The summed E-state index contributed by atoms with van der Waals surface area (Å²) in [6.45, 7) is 15.0. The number of benzene rings is 2. The van der Waals surface area contributed by atoms with Crippen LogP contribution in [0, 0.1) is 0 Å². The summed E-state index contributed by atoms with van der Waals surface area (Å²) >= 11 is 0. The molecular formula is C29H48N2O4. The molecule has 1 aliphatic heterocycles. The minimum absolute atomic E-state index is 0.112. The van der Waals surface area contributed by atoms with Gasteiger partial charge in [-0.05, 0) is 69.8 Å². The Morgan fingerprint density at radius 2 is 1.86 bits per heavy atom. The van der Waals surface area contributed by atoms with Crippen molar-refractivity contribution in [3.8, 4) is 0 Å². The Morgan fingerprint density at radius 1 is 1.20 bits per heavy atom. The van der Waals surface area contributed by atoms with E-state index in [2.05, 4.69) is 29.7 Å². The predicted molar refractivity (Wildman–Crippen MR) is 146 cm³/mol. The average Bonchev–Trinajstić information content (AvgIpc) is 3.33. The van der Waals surface area contributed by atoms with Crippen LogP contribution in [0.25, 0.3) is 10.8 Å². The van der Waals surface area contributed by atoms with E-state index < -0.39 is 11.6 Å². The third-order valence-electron chi connectivity index (χ3n) is 5.16. The highest BCUT2D eigenvalue weighted by atomic mass is 16.6. The average molecular weight is 489 g/mol. The summed E-state index contributed by atoms with van der Waals surface area (Å²) in [5.74, 6) is -0.358. The number of amides is 1. The maximum absolute atomic E-state index is 11.6. The fourth-order valence-corrected chi connectivity index (χ4v) is 3.42. The standard InChI is InChI=1S/C11H21NO3.C11H10O.C5H11N.C2H6/c1-5-6-7-9(12-8-13)10(14)15-11(2,3)4;12-8-10-6-3-5-9-4-1-2-7-11(9)10;1-5-3-2-4-6-5;1-2/h8-9H,5-7H2,1-4H3,(H,12,13);1-7,12H,8H2;5-6H,2-4H2,1H3;1-2H3/t9-;;;/m0.../s1. The van der Waals surface area contributed by atoms with Crippen LogP contribution in [0.5, 0.6) is 0 Å². The maximum atomic E-state index is 11.6. The molecule has 0 spiro atoms. The molecule has 3 N–H and O–H groups in total. The molecule has 2 atom stereocenters. The normalized spacial score (nSPS) is 15.3. The van der Waals surface area contributed by atoms with Crippen molar-refractivity contribution in [2.45, 2.75) is 105 Å². The van der Waals surface area contributed by atoms with Gasteiger partial charge in [-0.15, -0.1) is 0 Å². The molecule has 1 unspecified atom stereocenters. The predicted octanol–water partition coefficient (Wildman–Crippen LogP) is 5.75. The van der Waals surface area contributed by atoms with Crippen molar-refractivity contribution >= 4 is 23.2 Å². The molecule has 198 valence electrons. The van der Waals surface area contributed by atoms with Gasteiger partial charge >= 0.3 is 5.97 Å². The van der Waals surface area contributed by atoms with E-state index in [1.54, 1.807) is 0 Å². The van der Waals surface area contributed by atoms with E-state index in [0.717, 1.165) is 29.8 Å². The Labute approximate surface area is 212 Å². The first-order valence-electron chi connectivity index (χ1n) is 12.9. The quantitative estimate of drug-likeness (QED) is 0.341. The highest BCUT2D eigenvalue weighted by molar-refractivity contribution is 5.85. The number of ether oxygens (including phenoxy) is 1. The van der Waals surface area contributed by atoms with Crippen molar-refractivity contribution in [1.29, 1.82) is 0 Å². The van der Waals surface area contributed by atoms with Crippen LogP contribution in [0.2, 0.25) is 0 Å². The van der Waals surface area contributed by atoms with Gasteiger partial charge in [-0.3, -0.25) is 4.79 Å². The largest absolute Gasteiger partial charge is 0.458 e. The lowest BCUT2D eigenvalue weighted by Crippen LogP contribution is -2.40. The number of hydrogen-bond donors (Lipinski definition) is 3. The van der Waals surface area contributed by atoms with E-state index in [1.165, 1.54) is 24.8 Å². The van der Waals surface area contributed by atoms with Crippen LogP contribution in [0.1, 0.15) is 86.1 Å². The molecule has 6 heteroatoms. The summed E-state index contributed by atoms with van der Waals surface area (Å²) < 4.78 is 5.19. The molecule has 35 heavy (non-hydrogen) atoms. The zero-order chi connectivity index (χ0) is 26.7. The van der Waals surface area contributed by atoms with E-state index in [9.17, 15) is 9.59 Å². The molecule has 1 heterocycles. The van der Waals surface area contributed by atoms with Crippen molar-refractivity contribution in [1.82, 2.24) is 10.6 Å². The molecule has 1 amide bonds. The third-order valence-corrected chi connectivity index (χ3v) is 5.16. The van der Waals surface area contributed by atoms with Gasteiger partial charge in [0, 0.05) is 6.04 Å². The topological polar surface area (TPSA) is 87.7 Å². The van der Waals surface area contributed by atoms with Crippen LogP contribution in [0.4, 0.5) is 0 Å². The molecular weight excluding hydrogens is 440 g/mol. The Bertz CT molecular complexity index is 822. The Hall–Kier alpha value is -2.44. The summed E-state index contributed by atoms with van der Waals surface area (Å²) in [6, 6.07) is 14.3. The molecule has 2 aromatic rings. The summed E-state index contributed by atoms with van der Waals surface area (Å²) in [6.07, 6.45) is 5.81. The van der Waals surface area contributed by atoms with Gasteiger partial charge in [0.1, 0.15) is 11.6 Å². The number of hydrogen-bond acceptors (Lipinski definition) is 5. The number of unbranched alkanes of at least 4 members (excludes halogenated alkanes) is 1. The molecule has 2 aromatic carbocycles. The summed E-state index contributed by atoms with van der Waals surface area (Å²) in [5.41, 5.74) is 0.486. The smallest absolute Gasteiger partial charge is 0.329 e. The van der Waals surface area contributed by atoms with Gasteiger partial charge in [0.2, 0.25) is 6.41 Å². The van der Waals surface area contributed by atoms with Crippen molar-refractivity contribution in [3.63, 3.8) is 0 Å².